The van der Waals surface area contributed by atoms with E-state index in [9.17, 15) is 24.0 Å². The number of imide groups is 1. The molecule has 0 aromatic rings. The third-order valence-electron chi connectivity index (χ3n) is 2.47. The van der Waals surface area contributed by atoms with Crippen molar-refractivity contribution in [2.45, 2.75) is 53.1 Å². The smallest absolute Gasteiger partial charge is 0.291 e. The van der Waals surface area contributed by atoms with Gasteiger partial charge in [0.05, 0.1) is 0 Å². The molecule has 0 rings (SSSR count). The van der Waals surface area contributed by atoms with Crippen LogP contribution in [0, 0.1) is 0 Å². The molecule has 1 unspecified atom stereocenters. The second kappa shape index (κ2) is 9.48. The number of carbonyl (C=O) groups excluding carboxylic acids is 5. The van der Waals surface area contributed by atoms with Crippen LogP contribution in [0.25, 0.3) is 0 Å². The zero-order chi connectivity index (χ0) is 17.3. The van der Waals surface area contributed by atoms with Gasteiger partial charge in [-0.05, 0) is 6.42 Å². The second-order valence-corrected chi connectivity index (χ2v) is 4.53. The number of hydrogen-bond donors (Lipinski definition) is 3. The summed E-state index contributed by atoms with van der Waals surface area (Å²) in [6.07, 6.45) is -0.682. The van der Waals surface area contributed by atoms with Gasteiger partial charge in [-0.15, -0.1) is 0 Å². The summed E-state index contributed by atoms with van der Waals surface area (Å²) in [6.45, 7) is 5.57. The molecule has 0 bridgehead atoms. The normalized spacial score (nSPS) is 11.1. The lowest BCUT2D eigenvalue weighted by molar-refractivity contribution is -0.155. The SMILES string of the molecule is CCCC(=O)NN(C(C)=O)C(=O)C(NC(C)=O)NC(=O)CC. The lowest BCUT2D eigenvalue weighted by atomic mass is 10.3. The van der Waals surface area contributed by atoms with E-state index >= 15 is 0 Å². The molecule has 3 N–H and O–H groups in total. The first-order valence-electron chi connectivity index (χ1n) is 6.93. The third-order valence-corrected chi connectivity index (χ3v) is 2.47. The molecule has 0 fully saturated rings. The van der Waals surface area contributed by atoms with Gasteiger partial charge < -0.3 is 10.6 Å². The van der Waals surface area contributed by atoms with E-state index in [0.29, 0.717) is 11.4 Å². The van der Waals surface area contributed by atoms with Crippen LogP contribution in [0.3, 0.4) is 0 Å². The van der Waals surface area contributed by atoms with E-state index in [1.165, 1.54) is 0 Å². The summed E-state index contributed by atoms with van der Waals surface area (Å²) in [5.41, 5.74) is 2.15. The maximum Gasteiger partial charge on any atom is 0.291 e. The van der Waals surface area contributed by atoms with Crippen molar-refractivity contribution in [1.82, 2.24) is 21.1 Å². The van der Waals surface area contributed by atoms with Crippen molar-refractivity contribution < 1.29 is 24.0 Å². The zero-order valence-corrected chi connectivity index (χ0v) is 13.2. The number of hydrogen-bond acceptors (Lipinski definition) is 5. The first-order valence-corrected chi connectivity index (χ1v) is 6.93. The van der Waals surface area contributed by atoms with Gasteiger partial charge in [-0.3, -0.25) is 29.4 Å². The fourth-order valence-corrected chi connectivity index (χ4v) is 1.45. The summed E-state index contributed by atoms with van der Waals surface area (Å²) in [5.74, 6) is -3.27. The minimum atomic E-state index is -1.43. The molecule has 1 atom stereocenters. The average Bonchev–Trinajstić information content (AvgIpc) is 2.42. The molecule has 0 saturated carbocycles. The molecule has 0 aromatic heterocycles. The van der Waals surface area contributed by atoms with E-state index in [-0.39, 0.29) is 12.8 Å². The van der Waals surface area contributed by atoms with Crippen molar-refractivity contribution in [3.63, 3.8) is 0 Å². The summed E-state index contributed by atoms with van der Waals surface area (Å²) in [4.78, 5) is 57.9. The van der Waals surface area contributed by atoms with Gasteiger partial charge in [-0.2, -0.15) is 5.01 Å². The molecule has 9 heteroatoms. The Hall–Kier alpha value is -2.45. The van der Waals surface area contributed by atoms with Crippen LogP contribution in [0.2, 0.25) is 0 Å². The van der Waals surface area contributed by atoms with Gasteiger partial charge in [-0.1, -0.05) is 13.8 Å². The second-order valence-electron chi connectivity index (χ2n) is 4.53. The standard InChI is InChI=1S/C13H22N4O5/c1-5-7-11(21)16-17(9(4)19)13(22)12(14-8(3)18)15-10(20)6-2/h12H,5-7H2,1-4H3,(H,14,18)(H,15,20)(H,16,21). The largest absolute Gasteiger partial charge is 0.328 e. The highest BCUT2D eigenvalue weighted by molar-refractivity contribution is 6.01. The first-order chi connectivity index (χ1) is 10.2. The molecule has 0 aromatic carbocycles. The lowest BCUT2D eigenvalue weighted by Gasteiger charge is -2.25. The number of nitrogens with one attached hydrogen (secondary N) is 3. The molecule has 22 heavy (non-hydrogen) atoms. The van der Waals surface area contributed by atoms with Crippen LogP contribution in [-0.2, 0) is 24.0 Å². The zero-order valence-electron chi connectivity index (χ0n) is 13.2. The van der Waals surface area contributed by atoms with E-state index in [4.69, 9.17) is 0 Å². The Balaban J connectivity index is 5.16. The van der Waals surface area contributed by atoms with E-state index in [1.807, 2.05) is 0 Å². The summed E-state index contributed by atoms with van der Waals surface area (Å²) in [5, 5.41) is 4.97. The van der Waals surface area contributed by atoms with Gasteiger partial charge in [0.15, 0.2) is 6.17 Å². The predicted octanol–water partition coefficient (Wildman–Crippen LogP) is -0.819. The molecule has 0 heterocycles. The van der Waals surface area contributed by atoms with Crippen LogP contribution < -0.4 is 16.1 Å². The Bertz CT molecular complexity index is 463. The summed E-state index contributed by atoms with van der Waals surface area (Å²) in [7, 11) is 0. The maximum absolute atomic E-state index is 12.3. The molecule has 5 amide bonds. The highest BCUT2D eigenvalue weighted by Crippen LogP contribution is 1.96. The lowest BCUT2D eigenvalue weighted by Crippen LogP contribution is -2.61. The fraction of sp³-hybridized carbons (Fsp3) is 0.615. The van der Waals surface area contributed by atoms with E-state index < -0.39 is 35.7 Å². The van der Waals surface area contributed by atoms with Crippen LogP contribution in [0.1, 0.15) is 47.0 Å². The Morgan fingerprint density at radius 3 is 1.95 bits per heavy atom. The van der Waals surface area contributed by atoms with Crippen LogP contribution in [-0.4, -0.2) is 40.7 Å². The summed E-state index contributed by atoms with van der Waals surface area (Å²) in [6, 6.07) is 0. The summed E-state index contributed by atoms with van der Waals surface area (Å²) < 4.78 is 0. The van der Waals surface area contributed by atoms with Crippen LogP contribution in [0.5, 0.6) is 0 Å². The molecule has 0 aliphatic heterocycles. The number of carbonyl (C=O) groups is 5. The average molecular weight is 314 g/mol. The van der Waals surface area contributed by atoms with Crippen LogP contribution in [0.4, 0.5) is 0 Å². The molecule has 0 aliphatic rings. The molecule has 124 valence electrons. The van der Waals surface area contributed by atoms with Crippen molar-refractivity contribution in [2.75, 3.05) is 0 Å². The van der Waals surface area contributed by atoms with Crippen molar-refractivity contribution in [3.05, 3.63) is 0 Å². The fourth-order valence-electron chi connectivity index (χ4n) is 1.45. The number of nitrogens with zero attached hydrogens (tertiary/aromatic N) is 1. The topological polar surface area (TPSA) is 125 Å². The Morgan fingerprint density at radius 2 is 1.55 bits per heavy atom. The highest BCUT2D eigenvalue weighted by atomic mass is 16.2. The molecule has 9 nitrogen and oxygen atoms in total. The molecule has 0 radical (unpaired) electrons. The van der Waals surface area contributed by atoms with Crippen LogP contribution >= 0.6 is 0 Å². The molecular formula is C13H22N4O5. The Kier molecular flexibility index (Phi) is 8.42. The Labute approximate surface area is 128 Å². The number of amides is 5. The maximum atomic E-state index is 12.3. The van der Waals surface area contributed by atoms with E-state index in [0.717, 1.165) is 13.8 Å². The minimum absolute atomic E-state index is 0.0889. The predicted molar refractivity (Wildman–Crippen MR) is 76.6 cm³/mol. The van der Waals surface area contributed by atoms with Crippen molar-refractivity contribution in [1.29, 1.82) is 0 Å². The highest BCUT2D eigenvalue weighted by Gasteiger charge is 2.30. The summed E-state index contributed by atoms with van der Waals surface area (Å²) >= 11 is 0. The van der Waals surface area contributed by atoms with Gasteiger partial charge in [0.25, 0.3) is 5.91 Å². The molecule has 0 spiro atoms. The van der Waals surface area contributed by atoms with E-state index in [2.05, 4.69) is 16.1 Å². The van der Waals surface area contributed by atoms with Crippen molar-refractivity contribution in [2.24, 2.45) is 0 Å². The monoisotopic (exact) mass is 314 g/mol. The number of hydrazine groups is 1. The van der Waals surface area contributed by atoms with Crippen molar-refractivity contribution in [3.8, 4) is 0 Å². The van der Waals surface area contributed by atoms with E-state index in [1.54, 1.807) is 13.8 Å². The van der Waals surface area contributed by atoms with Gasteiger partial charge in [-0.25, -0.2) is 0 Å². The van der Waals surface area contributed by atoms with Crippen LogP contribution in [0.15, 0.2) is 0 Å². The molecule has 0 saturated heterocycles. The molecular weight excluding hydrogens is 292 g/mol. The Morgan fingerprint density at radius 1 is 0.955 bits per heavy atom. The van der Waals surface area contributed by atoms with Gasteiger partial charge in [0.2, 0.25) is 23.6 Å². The van der Waals surface area contributed by atoms with Gasteiger partial charge in [0, 0.05) is 26.7 Å². The minimum Gasteiger partial charge on any atom is -0.328 e. The third kappa shape index (κ3) is 6.82. The van der Waals surface area contributed by atoms with Gasteiger partial charge in [0.1, 0.15) is 0 Å². The van der Waals surface area contributed by atoms with Crippen molar-refractivity contribution >= 4 is 29.5 Å². The first kappa shape index (κ1) is 19.6. The quantitative estimate of drug-likeness (QED) is 0.436. The van der Waals surface area contributed by atoms with Gasteiger partial charge >= 0.3 is 0 Å². The molecule has 0 aliphatic carbocycles. The number of rotatable bonds is 6.